The summed E-state index contributed by atoms with van der Waals surface area (Å²) < 4.78 is 36.5. The van der Waals surface area contributed by atoms with Crippen LogP contribution in [0.4, 0.5) is 0 Å². The fourth-order valence-electron chi connectivity index (χ4n) is 2.91. The molecule has 3 aromatic rings. The molecule has 8 nitrogen and oxygen atoms in total. The van der Waals surface area contributed by atoms with Crippen molar-refractivity contribution >= 4 is 10.0 Å². The Morgan fingerprint density at radius 1 is 1.18 bits per heavy atom. The zero-order chi connectivity index (χ0) is 19.6. The molecule has 0 N–H and O–H groups in total. The van der Waals surface area contributed by atoms with Gasteiger partial charge in [-0.3, -0.25) is 4.98 Å². The number of rotatable bonds is 7. The van der Waals surface area contributed by atoms with Crippen molar-refractivity contribution in [2.45, 2.75) is 19.4 Å². The molecule has 0 atom stereocenters. The van der Waals surface area contributed by atoms with E-state index >= 15 is 0 Å². The molecule has 9 heteroatoms. The highest BCUT2D eigenvalue weighted by Crippen LogP contribution is 2.25. The molecule has 0 spiro atoms. The van der Waals surface area contributed by atoms with Gasteiger partial charge in [0, 0.05) is 18.0 Å². The number of sulfonamides is 1. The monoisotopic (exact) mass is 400 g/mol. The van der Waals surface area contributed by atoms with E-state index in [4.69, 9.17) is 9.26 Å². The van der Waals surface area contributed by atoms with Gasteiger partial charge in [-0.15, -0.1) is 0 Å². The number of ether oxygens (including phenoxy) is 1. The Balaban J connectivity index is 1.37. The first kappa shape index (κ1) is 18.6. The molecule has 28 heavy (non-hydrogen) atoms. The van der Waals surface area contributed by atoms with Crippen molar-refractivity contribution in [3.05, 3.63) is 48.8 Å². The van der Waals surface area contributed by atoms with Crippen LogP contribution in [0.25, 0.3) is 22.8 Å². The summed E-state index contributed by atoms with van der Waals surface area (Å²) in [6.07, 6.45) is 3.83. The number of nitrogens with zero attached hydrogens (tertiary/aromatic N) is 4. The van der Waals surface area contributed by atoms with Gasteiger partial charge >= 0.3 is 0 Å². The molecule has 1 aliphatic heterocycles. The highest BCUT2D eigenvalue weighted by atomic mass is 32.2. The first-order chi connectivity index (χ1) is 13.5. The summed E-state index contributed by atoms with van der Waals surface area (Å²) >= 11 is 0. The number of hydrogen-bond acceptors (Lipinski definition) is 7. The predicted molar refractivity (Wildman–Crippen MR) is 103 cm³/mol. The molecule has 146 valence electrons. The van der Waals surface area contributed by atoms with E-state index in [0.29, 0.717) is 37.0 Å². The van der Waals surface area contributed by atoms with Crippen molar-refractivity contribution in [3.8, 4) is 28.6 Å². The summed E-state index contributed by atoms with van der Waals surface area (Å²) in [7, 11) is -3.14. The molecule has 3 heterocycles. The fourth-order valence-corrected chi connectivity index (χ4v) is 4.47. The SMILES string of the molecule is CCCS(=O)(=O)N1CC(Oc2ccc(-c3noc(-c4cccnc4)n3)cc2)C1. The summed E-state index contributed by atoms with van der Waals surface area (Å²) in [5, 5.41) is 4.01. The first-order valence-electron chi connectivity index (χ1n) is 9.04. The Labute approximate surface area is 163 Å². The lowest BCUT2D eigenvalue weighted by Gasteiger charge is -2.37. The zero-order valence-corrected chi connectivity index (χ0v) is 16.2. The Hall–Kier alpha value is -2.78. The van der Waals surface area contributed by atoms with Crippen LogP contribution in [-0.2, 0) is 10.0 Å². The van der Waals surface area contributed by atoms with Gasteiger partial charge in [-0.05, 0) is 42.8 Å². The standard InChI is InChI=1S/C19H20N4O4S/c1-2-10-28(24,25)23-12-17(13-23)26-16-7-5-14(6-8-16)18-21-19(27-22-18)15-4-3-9-20-11-15/h3-9,11,17H,2,10,12-13H2,1H3. The molecule has 0 radical (unpaired) electrons. The van der Waals surface area contributed by atoms with Crippen LogP contribution in [0.3, 0.4) is 0 Å². The van der Waals surface area contributed by atoms with E-state index in [2.05, 4.69) is 15.1 Å². The van der Waals surface area contributed by atoms with Crippen molar-refractivity contribution in [3.63, 3.8) is 0 Å². The molecule has 1 saturated heterocycles. The second-order valence-electron chi connectivity index (χ2n) is 6.56. The van der Waals surface area contributed by atoms with Crippen LogP contribution in [0.15, 0.2) is 53.3 Å². The summed E-state index contributed by atoms with van der Waals surface area (Å²) in [4.78, 5) is 8.43. The normalized spacial score (nSPS) is 15.3. The van der Waals surface area contributed by atoms with Gasteiger partial charge in [-0.25, -0.2) is 8.42 Å². The average molecular weight is 400 g/mol. The number of aromatic nitrogens is 3. The maximum atomic E-state index is 12.0. The van der Waals surface area contributed by atoms with Crippen molar-refractivity contribution in [1.29, 1.82) is 0 Å². The summed E-state index contributed by atoms with van der Waals surface area (Å²) in [5.41, 5.74) is 1.56. The van der Waals surface area contributed by atoms with E-state index in [1.165, 1.54) is 4.31 Å². The van der Waals surface area contributed by atoms with E-state index in [0.717, 1.165) is 11.1 Å². The molecule has 1 fully saturated rings. The quantitative estimate of drug-likeness (QED) is 0.601. The number of pyridine rings is 1. The molecule has 0 amide bonds. The lowest BCUT2D eigenvalue weighted by atomic mass is 10.2. The third-order valence-electron chi connectivity index (χ3n) is 4.42. The lowest BCUT2D eigenvalue weighted by molar-refractivity contribution is 0.0762. The van der Waals surface area contributed by atoms with Gasteiger partial charge in [-0.2, -0.15) is 9.29 Å². The van der Waals surface area contributed by atoms with Crippen LogP contribution in [0, 0.1) is 0 Å². The van der Waals surface area contributed by atoms with Gasteiger partial charge in [0.15, 0.2) is 0 Å². The second-order valence-corrected chi connectivity index (χ2v) is 8.65. The Morgan fingerprint density at radius 2 is 1.96 bits per heavy atom. The summed E-state index contributed by atoms with van der Waals surface area (Å²) in [6, 6.07) is 11.0. The van der Waals surface area contributed by atoms with Gasteiger partial charge in [-0.1, -0.05) is 12.1 Å². The van der Waals surface area contributed by atoms with Crippen LogP contribution in [0.2, 0.25) is 0 Å². The molecule has 0 saturated carbocycles. The van der Waals surface area contributed by atoms with Crippen molar-refractivity contribution < 1.29 is 17.7 Å². The Morgan fingerprint density at radius 3 is 2.64 bits per heavy atom. The third-order valence-corrected chi connectivity index (χ3v) is 6.43. The smallest absolute Gasteiger partial charge is 0.259 e. The topological polar surface area (TPSA) is 98.4 Å². The van der Waals surface area contributed by atoms with E-state index in [1.807, 2.05) is 37.3 Å². The van der Waals surface area contributed by atoms with Gasteiger partial charge in [0.25, 0.3) is 5.89 Å². The molecule has 0 aliphatic carbocycles. The molecular weight excluding hydrogens is 380 g/mol. The van der Waals surface area contributed by atoms with E-state index < -0.39 is 10.0 Å². The predicted octanol–water partition coefficient (Wildman–Crippen LogP) is 2.60. The highest BCUT2D eigenvalue weighted by Gasteiger charge is 2.36. The number of benzene rings is 1. The van der Waals surface area contributed by atoms with Gasteiger partial charge in [0.1, 0.15) is 11.9 Å². The minimum absolute atomic E-state index is 0.125. The summed E-state index contributed by atoms with van der Waals surface area (Å²) in [6.45, 7) is 2.64. The van der Waals surface area contributed by atoms with E-state index in [-0.39, 0.29) is 11.9 Å². The molecule has 1 aromatic carbocycles. The van der Waals surface area contributed by atoms with Crippen molar-refractivity contribution in [2.75, 3.05) is 18.8 Å². The Bertz CT molecular complexity index is 1030. The van der Waals surface area contributed by atoms with Gasteiger partial charge in [0.2, 0.25) is 15.8 Å². The Kier molecular flexibility index (Phi) is 5.10. The van der Waals surface area contributed by atoms with Crippen LogP contribution < -0.4 is 4.74 Å². The maximum absolute atomic E-state index is 12.0. The molecule has 2 aromatic heterocycles. The van der Waals surface area contributed by atoms with Crippen molar-refractivity contribution in [2.24, 2.45) is 0 Å². The molecule has 4 rings (SSSR count). The lowest BCUT2D eigenvalue weighted by Crippen LogP contribution is -2.56. The minimum Gasteiger partial charge on any atom is -0.488 e. The average Bonchev–Trinajstić information content (AvgIpc) is 3.15. The molecule has 0 unspecified atom stereocenters. The number of hydrogen-bond donors (Lipinski definition) is 0. The minimum atomic E-state index is -3.14. The fraction of sp³-hybridized carbons (Fsp3) is 0.316. The highest BCUT2D eigenvalue weighted by molar-refractivity contribution is 7.89. The van der Waals surface area contributed by atoms with Gasteiger partial charge < -0.3 is 9.26 Å². The van der Waals surface area contributed by atoms with Crippen LogP contribution >= 0.6 is 0 Å². The third kappa shape index (κ3) is 3.90. The van der Waals surface area contributed by atoms with Crippen LogP contribution in [0.5, 0.6) is 5.75 Å². The first-order valence-corrected chi connectivity index (χ1v) is 10.6. The van der Waals surface area contributed by atoms with E-state index in [1.54, 1.807) is 18.5 Å². The van der Waals surface area contributed by atoms with Crippen LogP contribution in [-0.4, -0.2) is 52.8 Å². The molecule has 1 aliphatic rings. The van der Waals surface area contributed by atoms with Crippen LogP contribution in [0.1, 0.15) is 13.3 Å². The molecular formula is C19H20N4O4S. The largest absolute Gasteiger partial charge is 0.488 e. The van der Waals surface area contributed by atoms with E-state index in [9.17, 15) is 8.42 Å². The van der Waals surface area contributed by atoms with Crippen molar-refractivity contribution in [1.82, 2.24) is 19.4 Å². The summed E-state index contributed by atoms with van der Waals surface area (Å²) in [5.74, 6) is 1.74. The van der Waals surface area contributed by atoms with Gasteiger partial charge in [0.05, 0.1) is 24.4 Å². The molecule has 0 bridgehead atoms. The zero-order valence-electron chi connectivity index (χ0n) is 15.4. The maximum Gasteiger partial charge on any atom is 0.259 e. The second kappa shape index (κ2) is 7.69.